The van der Waals surface area contributed by atoms with Crippen molar-refractivity contribution in [2.45, 2.75) is 25.0 Å². The van der Waals surface area contributed by atoms with E-state index in [1.165, 1.54) is 18.3 Å². The number of halogens is 6. The zero-order valence-corrected chi connectivity index (χ0v) is 19.7. The maximum Gasteiger partial charge on any atom is 0.417 e. The fraction of sp³-hybridized carbons (Fsp3) is 0.227. The second-order valence-corrected chi connectivity index (χ2v) is 8.85. The Morgan fingerprint density at radius 1 is 1.17 bits per heavy atom. The van der Waals surface area contributed by atoms with Crippen molar-refractivity contribution in [3.63, 3.8) is 0 Å². The second kappa shape index (κ2) is 8.92. The van der Waals surface area contributed by atoms with Gasteiger partial charge in [0.05, 0.1) is 32.2 Å². The van der Waals surface area contributed by atoms with Crippen LogP contribution in [-0.2, 0) is 6.18 Å². The number of allylic oxidation sites excluding steroid dienone is 1. The molecule has 182 valence electrons. The first-order valence-electron chi connectivity index (χ1n) is 11.0. The number of hydrogen-bond donors (Lipinski definition) is 1. The molecule has 3 aromatic heterocycles. The molecule has 1 N–H and O–H groups in total. The third-order valence-electron chi connectivity index (χ3n) is 5.12. The van der Waals surface area contributed by atoms with Crippen LogP contribution in [0.3, 0.4) is 0 Å². The van der Waals surface area contributed by atoms with Crippen molar-refractivity contribution in [1.82, 2.24) is 24.8 Å². The van der Waals surface area contributed by atoms with E-state index in [0.29, 0.717) is 11.3 Å². The van der Waals surface area contributed by atoms with E-state index in [1.54, 1.807) is 0 Å². The summed E-state index contributed by atoms with van der Waals surface area (Å²) in [5.41, 5.74) is -0.126. The average molecular weight is 547 g/mol. The molecule has 4 aromatic rings. The lowest BCUT2D eigenvalue weighted by Gasteiger charge is -2.14. The third kappa shape index (κ3) is 4.78. The van der Waals surface area contributed by atoms with Gasteiger partial charge in [0.2, 0.25) is 5.82 Å². The Balaban J connectivity index is 1.37. The van der Waals surface area contributed by atoms with Crippen LogP contribution in [0.25, 0.3) is 28.6 Å². The largest absolute Gasteiger partial charge is 0.490 e. The predicted molar refractivity (Wildman–Crippen MR) is 125 cm³/mol. The topological polar surface area (TPSA) is 77.5 Å². The Kier molecular flexibility index (Phi) is 5.44. The van der Waals surface area contributed by atoms with E-state index < -0.39 is 18.1 Å². The molecule has 0 spiro atoms. The van der Waals surface area contributed by atoms with Crippen molar-refractivity contribution in [2.75, 3.05) is 6.61 Å². The second-order valence-electron chi connectivity index (χ2n) is 7.63. The zero-order valence-electron chi connectivity index (χ0n) is 19.5. The van der Waals surface area contributed by atoms with Gasteiger partial charge in [0.25, 0.3) is 5.89 Å². The number of nitrogens with zero attached hydrogens (tertiary/aromatic N) is 4. The average Bonchev–Trinajstić information content (AvgIpc) is 3.51. The molecule has 0 amide bonds. The van der Waals surface area contributed by atoms with Gasteiger partial charge in [-0.15, -0.1) is 0 Å². The standard InChI is InChI=1S/C22H15Cl3F3N5O2/c1-10-2-3-12(29-10)9-34-18-6-14(23)13(5-15(18)24)21-31-19(32-35-21)17-8-33-7-11(22(26,27)28)4-16(25)20(33)30-17/h4-8,12,29H,1-3,9H2/t12-/m1/s1/i2D2. The van der Waals surface area contributed by atoms with Gasteiger partial charge in [-0.2, -0.15) is 18.2 Å². The van der Waals surface area contributed by atoms with Gasteiger partial charge < -0.3 is 19.0 Å². The van der Waals surface area contributed by atoms with Crippen molar-refractivity contribution in [3.05, 3.63) is 63.5 Å². The third-order valence-corrected chi connectivity index (χ3v) is 6.01. The number of hydrogen-bond acceptors (Lipinski definition) is 6. The smallest absolute Gasteiger partial charge is 0.417 e. The lowest BCUT2D eigenvalue weighted by atomic mass is 10.2. The zero-order chi connectivity index (χ0) is 26.7. The van der Waals surface area contributed by atoms with E-state index in [4.69, 9.17) is 46.8 Å². The molecule has 7 nitrogen and oxygen atoms in total. The quantitative estimate of drug-likeness (QED) is 0.301. The molecular formula is C22H15Cl3F3N5O2. The highest BCUT2D eigenvalue weighted by Gasteiger charge is 2.32. The monoisotopic (exact) mass is 545 g/mol. The van der Waals surface area contributed by atoms with Gasteiger partial charge in [-0.25, -0.2) is 4.98 Å². The molecule has 0 saturated carbocycles. The molecule has 1 atom stereocenters. The number of rotatable bonds is 5. The molecule has 1 aliphatic rings. The van der Waals surface area contributed by atoms with E-state index in [9.17, 15) is 13.2 Å². The van der Waals surface area contributed by atoms with Crippen molar-refractivity contribution in [2.24, 2.45) is 0 Å². The SMILES string of the molecule is [2H]C1([2H])C[C@H](COc2cc(Cl)c(-c3nc(-c4cn5cc(C(F)(F)F)cc(Cl)c5n4)no3)cc2Cl)NC1=C. The molecule has 1 saturated heterocycles. The van der Waals surface area contributed by atoms with Crippen LogP contribution in [0.5, 0.6) is 5.75 Å². The number of benzene rings is 1. The minimum absolute atomic E-state index is 0.00218. The fourth-order valence-electron chi connectivity index (χ4n) is 3.45. The molecule has 4 heterocycles. The summed E-state index contributed by atoms with van der Waals surface area (Å²) in [4.78, 5) is 8.45. The van der Waals surface area contributed by atoms with Crippen molar-refractivity contribution in [1.29, 1.82) is 0 Å². The summed E-state index contributed by atoms with van der Waals surface area (Å²) in [6.07, 6.45) is -3.75. The molecule has 13 heteroatoms. The predicted octanol–water partition coefficient (Wildman–Crippen LogP) is 6.67. The van der Waals surface area contributed by atoms with Gasteiger partial charge >= 0.3 is 6.18 Å². The lowest BCUT2D eigenvalue weighted by Crippen LogP contribution is -2.27. The van der Waals surface area contributed by atoms with Crippen LogP contribution in [0.1, 0.15) is 21.1 Å². The summed E-state index contributed by atoms with van der Waals surface area (Å²) in [5.74, 6) is 0.262. The summed E-state index contributed by atoms with van der Waals surface area (Å²) < 4.78 is 67.2. The molecule has 0 aliphatic carbocycles. The molecule has 0 radical (unpaired) electrons. The number of ether oxygens (including phenoxy) is 1. The Hall–Kier alpha value is -2.95. The molecule has 5 rings (SSSR count). The molecule has 1 aliphatic heterocycles. The summed E-state index contributed by atoms with van der Waals surface area (Å²) in [7, 11) is 0. The number of nitrogens with one attached hydrogen (secondary N) is 1. The van der Waals surface area contributed by atoms with Gasteiger partial charge in [0, 0.05) is 26.9 Å². The molecule has 1 fully saturated rings. The molecular weight excluding hydrogens is 530 g/mol. The Morgan fingerprint density at radius 2 is 1.97 bits per heavy atom. The first-order valence-corrected chi connectivity index (χ1v) is 11.1. The van der Waals surface area contributed by atoms with Crippen molar-refractivity contribution < 1.29 is 25.2 Å². The maximum atomic E-state index is 13.1. The van der Waals surface area contributed by atoms with Crippen LogP contribution in [0.15, 0.2) is 47.4 Å². The van der Waals surface area contributed by atoms with E-state index in [2.05, 4.69) is 27.0 Å². The van der Waals surface area contributed by atoms with Crippen LogP contribution in [0.4, 0.5) is 13.2 Å². The summed E-state index contributed by atoms with van der Waals surface area (Å²) >= 11 is 18.8. The van der Waals surface area contributed by atoms with Crippen LogP contribution >= 0.6 is 34.8 Å². The van der Waals surface area contributed by atoms with E-state index in [0.717, 1.165) is 16.7 Å². The summed E-state index contributed by atoms with van der Waals surface area (Å²) in [6, 6.07) is 3.43. The van der Waals surface area contributed by atoms with Crippen LogP contribution in [-0.4, -0.2) is 32.2 Å². The first kappa shape index (κ1) is 21.3. The summed E-state index contributed by atoms with van der Waals surface area (Å²) in [5, 5.41) is 6.98. The fourth-order valence-corrected chi connectivity index (χ4v) is 4.16. The van der Waals surface area contributed by atoms with E-state index in [1.807, 2.05) is 0 Å². The van der Waals surface area contributed by atoms with Crippen molar-refractivity contribution in [3.8, 4) is 28.7 Å². The van der Waals surface area contributed by atoms with Gasteiger partial charge in [-0.3, -0.25) is 0 Å². The molecule has 0 unspecified atom stereocenters. The number of aromatic nitrogens is 4. The highest BCUT2D eigenvalue weighted by atomic mass is 35.5. The lowest BCUT2D eigenvalue weighted by molar-refractivity contribution is -0.137. The molecule has 35 heavy (non-hydrogen) atoms. The van der Waals surface area contributed by atoms with Crippen molar-refractivity contribution >= 4 is 40.4 Å². The van der Waals surface area contributed by atoms with Gasteiger partial charge in [0.15, 0.2) is 5.65 Å². The van der Waals surface area contributed by atoms with Crippen LogP contribution < -0.4 is 10.1 Å². The van der Waals surface area contributed by atoms with Crippen LogP contribution in [0.2, 0.25) is 15.1 Å². The normalized spacial score (nSPS) is 18.5. The number of fused-ring (bicyclic) bond motifs is 1. The number of pyridine rings is 1. The van der Waals surface area contributed by atoms with E-state index in [-0.39, 0.29) is 62.9 Å². The molecule has 1 aromatic carbocycles. The van der Waals surface area contributed by atoms with E-state index >= 15 is 0 Å². The molecule has 0 bridgehead atoms. The maximum absolute atomic E-state index is 13.1. The Bertz CT molecular complexity index is 1540. The number of alkyl halides is 3. The van der Waals surface area contributed by atoms with Crippen LogP contribution in [0, 0.1) is 0 Å². The Labute approximate surface area is 214 Å². The minimum atomic E-state index is -4.58. The highest BCUT2D eigenvalue weighted by molar-refractivity contribution is 6.36. The first-order chi connectivity index (χ1) is 17.3. The Morgan fingerprint density at radius 3 is 2.69 bits per heavy atom. The number of imidazole rings is 1. The summed E-state index contributed by atoms with van der Waals surface area (Å²) in [6.45, 7) is 3.80. The van der Waals surface area contributed by atoms with Gasteiger partial charge in [-0.1, -0.05) is 46.5 Å². The van der Waals surface area contributed by atoms with Gasteiger partial charge in [0.1, 0.15) is 18.1 Å². The highest BCUT2D eigenvalue weighted by Crippen LogP contribution is 2.37. The minimum Gasteiger partial charge on any atom is -0.490 e. The van der Waals surface area contributed by atoms with Gasteiger partial charge in [-0.05, 0) is 24.9 Å².